The number of esters is 1. The van der Waals surface area contributed by atoms with Crippen molar-refractivity contribution in [3.63, 3.8) is 0 Å². The number of hydrogen-bond donors (Lipinski definition) is 1. The van der Waals surface area contributed by atoms with Crippen molar-refractivity contribution >= 4 is 22.9 Å². The minimum absolute atomic E-state index is 0.251. The third-order valence-electron chi connectivity index (χ3n) is 3.80. The molecule has 0 aliphatic rings. The summed E-state index contributed by atoms with van der Waals surface area (Å²) in [7, 11) is 0. The van der Waals surface area contributed by atoms with Crippen LogP contribution < -0.4 is 5.56 Å². The first-order valence-electron chi connectivity index (χ1n) is 7.97. The van der Waals surface area contributed by atoms with Gasteiger partial charge in [0.1, 0.15) is 0 Å². The van der Waals surface area contributed by atoms with E-state index in [0.717, 1.165) is 11.1 Å². The van der Waals surface area contributed by atoms with Gasteiger partial charge in [0.2, 0.25) is 0 Å². The largest absolute Gasteiger partial charge is 0.451 e. The monoisotopic (exact) mass is 334 g/mol. The van der Waals surface area contributed by atoms with Crippen molar-refractivity contribution in [3.05, 3.63) is 81.9 Å². The van der Waals surface area contributed by atoms with Crippen molar-refractivity contribution in [1.29, 1.82) is 0 Å². The van der Waals surface area contributed by atoms with Gasteiger partial charge < -0.3 is 9.72 Å². The first-order valence-corrected chi connectivity index (χ1v) is 7.97. The zero-order valence-corrected chi connectivity index (χ0v) is 14.0. The molecule has 3 aromatic rings. The van der Waals surface area contributed by atoms with Crippen molar-refractivity contribution in [2.75, 3.05) is 0 Å². The van der Waals surface area contributed by atoms with Gasteiger partial charge in [0.15, 0.2) is 11.9 Å². The highest BCUT2D eigenvalue weighted by Crippen LogP contribution is 2.15. The minimum Gasteiger partial charge on any atom is -0.451 e. The molecule has 1 atom stereocenters. The smallest absolute Gasteiger partial charge is 0.331 e. The van der Waals surface area contributed by atoms with Crippen molar-refractivity contribution < 1.29 is 9.53 Å². The molecule has 0 aliphatic carbocycles. The SMILES string of the molecule is Cc1ccc(/C=C/C(=O)O[C@H](C)c2nc3ccccc3c(=O)[nH]2)cc1. The molecule has 5 nitrogen and oxygen atoms in total. The second-order valence-corrected chi connectivity index (χ2v) is 5.79. The van der Waals surface area contributed by atoms with Crippen molar-refractivity contribution in [1.82, 2.24) is 9.97 Å². The normalized spacial score (nSPS) is 12.4. The van der Waals surface area contributed by atoms with Gasteiger partial charge in [0.25, 0.3) is 5.56 Å². The van der Waals surface area contributed by atoms with Crippen LogP contribution in [0, 0.1) is 6.92 Å². The topological polar surface area (TPSA) is 72.0 Å². The van der Waals surface area contributed by atoms with E-state index in [2.05, 4.69) is 9.97 Å². The van der Waals surface area contributed by atoms with E-state index < -0.39 is 12.1 Å². The number of rotatable bonds is 4. The van der Waals surface area contributed by atoms with E-state index >= 15 is 0 Å². The van der Waals surface area contributed by atoms with Crippen molar-refractivity contribution in [3.8, 4) is 0 Å². The van der Waals surface area contributed by atoms with Crippen molar-refractivity contribution in [2.24, 2.45) is 0 Å². The number of aromatic nitrogens is 2. The van der Waals surface area contributed by atoms with Crippen LogP contribution in [0.3, 0.4) is 0 Å². The van der Waals surface area contributed by atoms with Crippen LogP contribution in [-0.2, 0) is 9.53 Å². The molecule has 0 aliphatic heterocycles. The maximum atomic E-state index is 12.1. The molecule has 25 heavy (non-hydrogen) atoms. The van der Waals surface area contributed by atoms with Crippen LogP contribution in [0.25, 0.3) is 17.0 Å². The maximum Gasteiger partial charge on any atom is 0.331 e. The summed E-state index contributed by atoms with van der Waals surface area (Å²) in [6, 6.07) is 14.8. The molecule has 0 spiro atoms. The molecule has 0 bridgehead atoms. The number of aromatic amines is 1. The Morgan fingerprint density at radius 1 is 1.16 bits per heavy atom. The Balaban J connectivity index is 1.73. The van der Waals surface area contributed by atoms with E-state index in [1.165, 1.54) is 6.08 Å². The lowest BCUT2D eigenvalue weighted by Gasteiger charge is -2.11. The predicted molar refractivity (Wildman–Crippen MR) is 97.1 cm³/mol. The summed E-state index contributed by atoms with van der Waals surface area (Å²) < 4.78 is 5.33. The van der Waals surface area contributed by atoms with Gasteiger partial charge in [-0.25, -0.2) is 9.78 Å². The molecule has 0 saturated heterocycles. The number of benzene rings is 2. The van der Waals surface area contributed by atoms with Crippen LogP contribution >= 0.6 is 0 Å². The number of H-pyrrole nitrogens is 1. The molecule has 1 N–H and O–H groups in total. The molecular formula is C20H18N2O3. The molecule has 1 heterocycles. The van der Waals surface area contributed by atoms with Crippen LogP contribution in [0.4, 0.5) is 0 Å². The highest BCUT2D eigenvalue weighted by atomic mass is 16.5. The van der Waals surface area contributed by atoms with Crippen LogP contribution in [0.1, 0.15) is 30.0 Å². The minimum atomic E-state index is -0.660. The molecule has 3 rings (SSSR count). The Kier molecular flexibility index (Phi) is 4.75. The number of para-hydroxylation sites is 1. The highest BCUT2D eigenvalue weighted by molar-refractivity contribution is 5.87. The summed E-state index contributed by atoms with van der Waals surface area (Å²) in [5.41, 5.74) is 2.38. The molecule has 0 radical (unpaired) electrons. The maximum absolute atomic E-state index is 12.1. The standard InChI is InChI=1S/C20H18N2O3/c1-13-7-9-15(10-8-13)11-12-18(23)25-14(2)19-21-17-6-4-3-5-16(17)20(24)22-19/h3-12,14H,1-2H3,(H,21,22,24)/b12-11+/t14-/m1/s1. The van der Waals surface area contributed by atoms with Crippen LogP contribution in [0.5, 0.6) is 0 Å². The number of nitrogens with one attached hydrogen (secondary N) is 1. The van der Waals surface area contributed by atoms with Crippen molar-refractivity contribution in [2.45, 2.75) is 20.0 Å². The fourth-order valence-electron chi connectivity index (χ4n) is 2.41. The third-order valence-corrected chi connectivity index (χ3v) is 3.80. The van der Waals surface area contributed by atoms with E-state index in [4.69, 9.17) is 4.74 Å². The summed E-state index contributed by atoms with van der Waals surface area (Å²) in [6.07, 6.45) is 2.39. The molecule has 2 aromatic carbocycles. The summed E-state index contributed by atoms with van der Waals surface area (Å²) in [5, 5.41) is 0.504. The summed E-state index contributed by atoms with van der Waals surface area (Å²) in [4.78, 5) is 31.1. The summed E-state index contributed by atoms with van der Waals surface area (Å²) in [6.45, 7) is 3.67. The highest BCUT2D eigenvalue weighted by Gasteiger charge is 2.14. The van der Waals surface area contributed by atoms with Gasteiger partial charge >= 0.3 is 5.97 Å². The van der Waals surface area contributed by atoms with Gasteiger partial charge in [0.05, 0.1) is 10.9 Å². The van der Waals surface area contributed by atoms with Crippen LogP contribution in [0.2, 0.25) is 0 Å². The van der Waals surface area contributed by atoms with Gasteiger partial charge in [-0.2, -0.15) is 0 Å². The Hall–Kier alpha value is -3.21. The predicted octanol–water partition coefficient (Wildman–Crippen LogP) is 3.55. The van der Waals surface area contributed by atoms with Gasteiger partial charge in [-0.1, -0.05) is 42.0 Å². The molecule has 5 heteroatoms. The number of hydrogen-bond acceptors (Lipinski definition) is 4. The van der Waals surface area contributed by atoms with E-state index in [1.807, 2.05) is 31.2 Å². The third kappa shape index (κ3) is 4.01. The lowest BCUT2D eigenvalue weighted by Crippen LogP contribution is -2.16. The molecular weight excluding hydrogens is 316 g/mol. The quantitative estimate of drug-likeness (QED) is 0.585. The Labute approximate surface area is 145 Å². The van der Waals surface area contributed by atoms with E-state index in [0.29, 0.717) is 16.7 Å². The lowest BCUT2D eigenvalue weighted by molar-refractivity contribution is -0.142. The number of nitrogens with zero attached hydrogens (tertiary/aromatic N) is 1. The molecule has 0 unspecified atom stereocenters. The summed E-state index contributed by atoms with van der Waals surface area (Å²) in [5.74, 6) is -0.176. The van der Waals surface area contributed by atoms with Gasteiger partial charge in [-0.05, 0) is 37.6 Å². The van der Waals surface area contributed by atoms with Gasteiger partial charge in [-0.15, -0.1) is 0 Å². The fraction of sp³-hybridized carbons (Fsp3) is 0.150. The zero-order chi connectivity index (χ0) is 17.8. The summed E-state index contributed by atoms with van der Waals surface area (Å²) >= 11 is 0. The number of carbonyl (C=O) groups excluding carboxylic acids is 1. The fourth-order valence-corrected chi connectivity index (χ4v) is 2.41. The Morgan fingerprint density at radius 3 is 2.64 bits per heavy atom. The molecule has 0 saturated carbocycles. The number of aryl methyl sites for hydroxylation is 1. The second kappa shape index (κ2) is 7.13. The molecule has 1 aromatic heterocycles. The van der Waals surface area contributed by atoms with E-state index in [-0.39, 0.29) is 5.56 Å². The molecule has 0 amide bonds. The number of ether oxygens (including phenoxy) is 1. The second-order valence-electron chi connectivity index (χ2n) is 5.79. The number of fused-ring (bicyclic) bond motifs is 1. The van der Waals surface area contributed by atoms with Gasteiger partial charge in [0, 0.05) is 6.08 Å². The Bertz CT molecular complexity index is 988. The van der Waals surface area contributed by atoms with Crippen LogP contribution in [-0.4, -0.2) is 15.9 Å². The lowest BCUT2D eigenvalue weighted by atomic mass is 10.1. The first-order chi connectivity index (χ1) is 12.0. The first kappa shape index (κ1) is 16.6. The molecule has 0 fully saturated rings. The average molecular weight is 334 g/mol. The van der Waals surface area contributed by atoms with Crippen LogP contribution in [0.15, 0.2) is 59.4 Å². The van der Waals surface area contributed by atoms with Gasteiger partial charge in [-0.3, -0.25) is 4.79 Å². The number of carbonyl (C=O) groups is 1. The average Bonchev–Trinajstić information content (AvgIpc) is 2.61. The Morgan fingerprint density at radius 2 is 1.88 bits per heavy atom. The van der Waals surface area contributed by atoms with E-state index in [1.54, 1.807) is 37.3 Å². The zero-order valence-electron chi connectivity index (χ0n) is 14.0. The van der Waals surface area contributed by atoms with E-state index in [9.17, 15) is 9.59 Å². The molecule has 126 valence electrons.